The van der Waals surface area contributed by atoms with Crippen LogP contribution in [0, 0.1) is 6.92 Å². The predicted molar refractivity (Wildman–Crippen MR) is 82.5 cm³/mol. The molecule has 0 radical (unpaired) electrons. The molecular weight excluding hydrogens is 268 g/mol. The van der Waals surface area contributed by atoms with Crippen LogP contribution in [0.3, 0.4) is 0 Å². The molecule has 0 spiro atoms. The smallest absolute Gasteiger partial charge is 0.138 e. The van der Waals surface area contributed by atoms with Gasteiger partial charge in [0.25, 0.3) is 0 Å². The Labute approximate surface area is 122 Å². The summed E-state index contributed by atoms with van der Waals surface area (Å²) in [7, 11) is 0. The number of rotatable bonds is 4. The van der Waals surface area contributed by atoms with E-state index in [9.17, 15) is 0 Å². The summed E-state index contributed by atoms with van der Waals surface area (Å²) in [6.45, 7) is 4.30. The molecule has 1 aromatic carbocycles. The number of thiophene rings is 1. The van der Waals surface area contributed by atoms with Crippen molar-refractivity contribution in [3.63, 3.8) is 0 Å². The lowest BCUT2D eigenvalue weighted by molar-refractivity contribution is 0.860. The number of nitrogens with one attached hydrogen (secondary N) is 1. The van der Waals surface area contributed by atoms with Crippen LogP contribution < -0.4 is 5.32 Å². The molecule has 2 aromatic heterocycles. The van der Waals surface area contributed by atoms with Crippen LogP contribution in [0.4, 0.5) is 5.69 Å². The first kappa shape index (κ1) is 12.9. The minimum Gasteiger partial charge on any atom is -0.376 e. The Balaban J connectivity index is 1.88. The summed E-state index contributed by atoms with van der Waals surface area (Å²) in [5.74, 6) is 0. The summed E-state index contributed by atoms with van der Waals surface area (Å²) in [6.07, 6.45) is 3.25. The molecule has 3 aromatic rings. The first-order chi connectivity index (χ1) is 9.74. The lowest BCUT2D eigenvalue weighted by Crippen LogP contribution is -2.08. The minimum absolute atomic E-state index is 0.262. The highest BCUT2D eigenvalue weighted by Gasteiger charge is 2.11. The highest BCUT2D eigenvalue weighted by molar-refractivity contribution is 7.12. The highest BCUT2D eigenvalue weighted by atomic mass is 32.1. The van der Waals surface area contributed by atoms with Crippen molar-refractivity contribution in [3.8, 4) is 5.69 Å². The molecule has 3 rings (SSSR count). The van der Waals surface area contributed by atoms with Gasteiger partial charge in [0.05, 0.1) is 17.4 Å². The molecule has 1 N–H and O–H groups in total. The van der Waals surface area contributed by atoms with Crippen molar-refractivity contribution in [2.24, 2.45) is 0 Å². The van der Waals surface area contributed by atoms with Crippen LogP contribution in [0.5, 0.6) is 0 Å². The van der Waals surface area contributed by atoms with Crippen LogP contribution in [-0.4, -0.2) is 14.8 Å². The Morgan fingerprint density at radius 2 is 2.05 bits per heavy atom. The van der Waals surface area contributed by atoms with E-state index in [0.717, 1.165) is 11.4 Å². The SMILES string of the molecule is Cc1ccc(C(C)Nc2ccccc2-n2cncn2)s1. The Kier molecular flexibility index (Phi) is 3.52. The number of nitrogens with zero attached hydrogens (tertiary/aromatic N) is 3. The van der Waals surface area contributed by atoms with Crippen LogP contribution in [0.1, 0.15) is 22.7 Å². The quantitative estimate of drug-likeness (QED) is 0.792. The Bertz CT molecular complexity index is 687. The molecule has 0 aliphatic carbocycles. The van der Waals surface area contributed by atoms with E-state index in [2.05, 4.69) is 47.4 Å². The van der Waals surface area contributed by atoms with Crippen LogP contribution in [-0.2, 0) is 0 Å². The first-order valence-corrected chi connectivity index (χ1v) is 7.32. The zero-order valence-corrected chi connectivity index (χ0v) is 12.3. The van der Waals surface area contributed by atoms with E-state index < -0.39 is 0 Å². The van der Waals surface area contributed by atoms with Gasteiger partial charge in [-0.15, -0.1) is 11.3 Å². The highest BCUT2D eigenvalue weighted by Crippen LogP contribution is 2.28. The van der Waals surface area contributed by atoms with Gasteiger partial charge < -0.3 is 5.32 Å². The maximum absolute atomic E-state index is 4.20. The third-order valence-electron chi connectivity index (χ3n) is 3.13. The monoisotopic (exact) mass is 284 g/mol. The molecule has 1 unspecified atom stereocenters. The van der Waals surface area contributed by atoms with Gasteiger partial charge in [-0.2, -0.15) is 5.10 Å². The summed E-state index contributed by atoms with van der Waals surface area (Å²) in [4.78, 5) is 6.67. The lowest BCUT2D eigenvalue weighted by atomic mass is 10.2. The Morgan fingerprint density at radius 3 is 2.75 bits per heavy atom. The fourth-order valence-electron chi connectivity index (χ4n) is 2.12. The van der Waals surface area contributed by atoms with Crippen LogP contribution in [0.15, 0.2) is 49.1 Å². The van der Waals surface area contributed by atoms with E-state index in [4.69, 9.17) is 0 Å². The topological polar surface area (TPSA) is 42.7 Å². The second-order valence-corrected chi connectivity index (χ2v) is 5.99. The van der Waals surface area contributed by atoms with Crippen molar-refractivity contribution in [2.45, 2.75) is 19.9 Å². The molecule has 0 fully saturated rings. The lowest BCUT2D eigenvalue weighted by Gasteiger charge is -2.16. The molecule has 1 atom stereocenters. The van der Waals surface area contributed by atoms with Crippen molar-refractivity contribution < 1.29 is 0 Å². The second-order valence-electron chi connectivity index (χ2n) is 4.67. The van der Waals surface area contributed by atoms with Crippen molar-refractivity contribution in [2.75, 3.05) is 5.32 Å². The van der Waals surface area contributed by atoms with Gasteiger partial charge in [-0.25, -0.2) is 9.67 Å². The molecule has 2 heterocycles. The minimum atomic E-state index is 0.262. The van der Waals surface area contributed by atoms with E-state index >= 15 is 0 Å². The first-order valence-electron chi connectivity index (χ1n) is 6.51. The average molecular weight is 284 g/mol. The number of aromatic nitrogens is 3. The summed E-state index contributed by atoms with van der Waals surface area (Å²) >= 11 is 1.82. The van der Waals surface area contributed by atoms with Gasteiger partial charge in [-0.05, 0) is 38.1 Å². The van der Waals surface area contributed by atoms with E-state index in [1.54, 1.807) is 17.3 Å². The molecule has 0 amide bonds. The predicted octanol–water partition coefficient (Wildman–Crippen LogP) is 3.81. The van der Waals surface area contributed by atoms with E-state index in [1.807, 2.05) is 29.5 Å². The fraction of sp³-hybridized carbons (Fsp3) is 0.200. The number of benzene rings is 1. The van der Waals surface area contributed by atoms with Crippen molar-refractivity contribution in [1.29, 1.82) is 0 Å². The second kappa shape index (κ2) is 5.46. The average Bonchev–Trinajstić information content (AvgIpc) is 3.10. The van der Waals surface area contributed by atoms with E-state index in [-0.39, 0.29) is 6.04 Å². The molecule has 4 nitrogen and oxygen atoms in total. The number of hydrogen-bond acceptors (Lipinski definition) is 4. The fourth-order valence-corrected chi connectivity index (χ4v) is 3.00. The van der Waals surface area contributed by atoms with Crippen LogP contribution in [0.2, 0.25) is 0 Å². The van der Waals surface area contributed by atoms with Gasteiger partial charge in [0.2, 0.25) is 0 Å². The molecule has 0 aliphatic heterocycles. The molecule has 20 heavy (non-hydrogen) atoms. The Morgan fingerprint density at radius 1 is 1.20 bits per heavy atom. The van der Waals surface area contributed by atoms with E-state index in [1.165, 1.54) is 9.75 Å². The normalized spacial score (nSPS) is 12.3. The molecular formula is C15H16N4S. The van der Waals surface area contributed by atoms with Crippen LogP contribution >= 0.6 is 11.3 Å². The summed E-state index contributed by atoms with van der Waals surface area (Å²) in [5, 5.41) is 7.75. The maximum Gasteiger partial charge on any atom is 0.138 e. The molecule has 0 saturated carbocycles. The number of aryl methyl sites for hydroxylation is 1. The zero-order valence-electron chi connectivity index (χ0n) is 11.4. The van der Waals surface area contributed by atoms with Crippen molar-refractivity contribution >= 4 is 17.0 Å². The van der Waals surface area contributed by atoms with Gasteiger partial charge in [0.1, 0.15) is 12.7 Å². The Hall–Kier alpha value is -2.14. The number of para-hydroxylation sites is 2. The standard InChI is InChI=1S/C15H16N4S/c1-11-7-8-15(20-11)12(2)18-13-5-3-4-6-14(13)19-10-16-9-17-19/h3-10,12,18H,1-2H3. The molecule has 5 heteroatoms. The maximum atomic E-state index is 4.20. The number of anilines is 1. The van der Waals surface area contributed by atoms with Crippen molar-refractivity contribution in [3.05, 3.63) is 58.8 Å². The molecule has 102 valence electrons. The van der Waals surface area contributed by atoms with Crippen LogP contribution in [0.25, 0.3) is 5.69 Å². The van der Waals surface area contributed by atoms with Crippen molar-refractivity contribution in [1.82, 2.24) is 14.8 Å². The molecule has 0 aliphatic rings. The molecule has 0 bridgehead atoms. The van der Waals surface area contributed by atoms with Gasteiger partial charge in [0, 0.05) is 9.75 Å². The molecule has 0 saturated heterocycles. The van der Waals surface area contributed by atoms with Gasteiger partial charge in [-0.3, -0.25) is 0 Å². The third kappa shape index (κ3) is 2.58. The largest absolute Gasteiger partial charge is 0.376 e. The van der Waals surface area contributed by atoms with Gasteiger partial charge >= 0.3 is 0 Å². The zero-order chi connectivity index (χ0) is 13.9. The van der Waals surface area contributed by atoms with E-state index in [0.29, 0.717) is 0 Å². The summed E-state index contributed by atoms with van der Waals surface area (Å²) in [6, 6.07) is 12.7. The van der Waals surface area contributed by atoms with Gasteiger partial charge in [-0.1, -0.05) is 12.1 Å². The third-order valence-corrected chi connectivity index (χ3v) is 4.31. The number of hydrogen-bond donors (Lipinski definition) is 1. The van der Waals surface area contributed by atoms with Gasteiger partial charge in [0.15, 0.2) is 0 Å². The summed E-state index contributed by atoms with van der Waals surface area (Å²) in [5.41, 5.74) is 2.06. The summed E-state index contributed by atoms with van der Waals surface area (Å²) < 4.78 is 1.77.